The molecule has 0 aromatic carbocycles. The number of amides is 1. The fraction of sp³-hybridized carbons (Fsp3) is 0.805. The number of hydrogen-bond acceptors (Lipinski definition) is 9. The second-order valence-electron chi connectivity index (χ2n) is 14.6. The lowest BCUT2D eigenvalue weighted by atomic mass is 9.89. The minimum absolute atomic E-state index is 0.00600. The summed E-state index contributed by atoms with van der Waals surface area (Å²) in [7, 11) is 3.40. The third-order valence-corrected chi connectivity index (χ3v) is 9.95. The van der Waals surface area contributed by atoms with Crippen LogP contribution in [0, 0.1) is 17.8 Å². The number of unbranched alkanes of at least 4 members (excludes halogenated alkanes) is 4. The van der Waals surface area contributed by atoms with E-state index in [0.717, 1.165) is 18.4 Å². The van der Waals surface area contributed by atoms with Gasteiger partial charge < -0.3 is 44.8 Å². The Labute approximate surface area is 310 Å². The lowest BCUT2D eigenvalue weighted by Gasteiger charge is -2.32. The average molecular weight is 726 g/mol. The Morgan fingerprint density at radius 1 is 0.922 bits per heavy atom. The summed E-state index contributed by atoms with van der Waals surface area (Å²) in [6.07, 6.45) is 17.0. The molecule has 0 saturated carbocycles. The molecular formula is C41H75NO9. The molecule has 0 radical (unpaired) electrons. The van der Waals surface area contributed by atoms with Crippen LogP contribution in [-0.4, -0.2) is 90.2 Å². The first-order chi connectivity index (χ1) is 24.1. The molecule has 0 spiro atoms. The van der Waals surface area contributed by atoms with Crippen molar-refractivity contribution in [2.24, 2.45) is 23.5 Å². The quantitative estimate of drug-likeness (QED) is 0.0220. The van der Waals surface area contributed by atoms with E-state index < -0.39 is 30.0 Å². The van der Waals surface area contributed by atoms with Crippen molar-refractivity contribution >= 4 is 12.4 Å². The van der Waals surface area contributed by atoms with Crippen LogP contribution in [0.25, 0.3) is 0 Å². The fourth-order valence-corrected chi connectivity index (χ4v) is 6.43. The number of ether oxygens (including phenoxy) is 4. The van der Waals surface area contributed by atoms with E-state index in [9.17, 15) is 24.9 Å². The molecule has 0 bridgehead atoms. The van der Waals surface area contributed by atoms with Crippen LogP contribution >= 0.6 is 0 Å². The summed E-state index contributed by atoms with van der Waals surface area (Å²) in [4.78, 5) is 22.1. The largest absolute Gasteiger partial charge is 0.443 e. The molecule has 1 fully saturated rings. The van der Waals surface area contributed by atoms with Crippen molar-refractivity contribution in [3.05, 3.63) is 36.0 Å². The number of aliphatic hydroxyl groups excluding tert-OH is 2. The van der Waals surface area contributed by atoms with Crippen molar-refractivity contribution in [1.29, 1.82) is 0 Å². The number of nitrogens with two attached hydrogens (primary N) is 1. The van der Waals surface area contributed by atoms with Gasteiger partial charge in [0.2, 0.25) is 0 Å². The highest BCUT2D eigenvalue weighted by atomic mass is 16.6. The molecule has 1 saturated heterocycles. The fourth-order valence-electron chi connectivity index (χ4n) is 6.43. The Bertz CT molecular complexity index is 1010. The third-order valence-electron chi connectivity index (χ3n) is 9.95. The Morgan fingerprint density at radius 3 is 2.08 bits per heavy atom. The lowest BCUT2D eigenvalue weighted by molar-refractivity contribution is -0.110. The molecule has 0 aromatic rings. The van der Waals surface area contributed by atoms with Gasteiger partial charge in [-0.05, 0) is 51.0 Å². The van der Waals surface area contributed by atoms with E-state index in [2.05, 4.69) is 34.6 Å². The molecular weight excluding hydrogens is 650 g/mol. The zero-order valence-corrected chi connectivity index (χ0v) is 33.6. The summed E-state index contributed by atoms with van der Waals surface area (Å²) in [5.41, 5.74) is 4.83. The molecule has 1 aliphatic heterocycles. The van der Waals surface area contributed by atoms with Gasteiger partial charge in [0.25, 0.3) is 0 Å². The van der Waals surface area contributed by atoms with Gasteiger partial charge in [0, 0.05) is 38.9 Å². The maximum atomic E-state index is 11.5. The maximum absolute atomic E-state index is 11.5. The van der Waals surface area contributed by atoms with E-state index in [4.69, 9.17) is 24.7 Å². The summed E-state index contributed by atoms with van der Waals surface area (Å²) in [6, 6.07) is 0. The van der Waals surface area contributed by atoms with Crippen molar-refractivity contribution in [3.8, 4) is 0 Å². The first-order valence-electron chi connectivity index (χ1n) is 19.3. The van der Waals surface area contributed by atoms with Gasteiger partial charge in [-0.2, -0.15) is 0 Å². The van der Waals surface area contributed by atoms with Crippen LogP contribution in [0.2, 0.25) is 0 Å². The second-order valence-corrected chi connectivity index (χ2v) is 14.6. The molecule has 51 heavy (non-hydrogen) atoms. The molecule has 5 N–H and O–H groups in total. The number of hydrogen-bond donors (Lipinski definition) is 4. The van der Waals surface area contributed by atoms with Crippen molar-refractivity contribution in [3.63, 3.8) is 0 Å². The molecule has 10 nitrogen and oxygen atoms in total. The molecule has 1 rings (SSSR count). The van der Waals surface area contributed by atoms with Gasteiger partial charge >= 0.3 is 6.09 Å². The van der Waals surface area contributed by atoms with Gasteiger partial charge in [0.15, 0.2) is 0 Å². The SMILES string of the molecule is CCCC(OC)C(C)C1OC1C(O)C(C)/C=C/C=C(\C)C(OC)C(C)C/C=C/CC(OC(N)=O)C(C)(O)CCC(O)CC=O.CCCCCCC. The summed E-state index contributed by atoms with van der Waals surface area (Å²) in [5.74, 6) is 0.257. The Kier molecular flexibility index (Phi) is 26.4. The highest BCUT2D eigenvalue weighted by Crippen LogP contribution is 2.37. The van der Waals surface area contributed by atoms with E-state index in [1.807, 2.05) is 44.2 Å². The number of epoxide rings is 1. The Balaban J connectivity index is 0.00000321. The van der Waals surface area contributed by atoms with Gasteiger partial charge in [-0.25, -0.2) is 4.79 Å². The summed E-state index contributed by atoms with van der Waals surface area (Å²) in [6.45, 7) is 16.3. The number of methoxy groups -OCH3 is 2. The van der Waals surface area contributed by atoms with E-state index in [-0.39, 0.29) is 67.9 Å². The van der Waals surface area contributed by atoms with Crippen LogP contribution in [0.3, 0.4) is 0 Å². The highest BCUT2D eigenvalue weighted by Gasteiger charge is 2.50. The van der Waals surface area contributed by atoms with Crippen molar-refractivity contribution in [2.45, 2.75) is 181 Å². The predicted octanol–water partition coefficient (Wildman–Crippen LogP) is 7.61. The topological polar surface area (TPSA) is 161 Å². The smallest absolute Gasteiger partial charge is 0.404 e. The van der Waals surface area contributed by atoms with Crippen LogP contribution in [-0.2, 0) is 23.7 Å². The number of rotatable bonds is 27. The van der Waals surface area contributed by atoms with Gasteiger partial charge in [0.05, 0.1) is 36.1 Å². The van der Waals surface area contributed by atoms with Crippen LogP contribution in [0.1, 0.15) is 132 Å². The van der Waals surface area contributed by atoms with Crippen LogP contribution < -0.4 is 5.73 Å². The molecule has 11 atom stereocenters. The zero-order chi connectivity index (χ0) is 39.0. The van der Waals surface area contributed by atoms with Crippen molar-refractivity contribution in [1.82, 2.24) is 0 Å². The number of aliphatic hydroxyl groups is 3. The average Bonchev–Trinajstić information content (AvgIpc) is 3.89. The van der Waals surface area contributed by atoms with Gasteiger partial charge in [-0.1, -0.05) is 110 Å². The van der Waals surface area contributed by atoms with Gasteiger partial charge in [-0.3, -0.25) is 0 Å². The molecule has 298 valence electrons. The van der Waals surface area contributed by atoms with Crippen LogP contribution in [0.5, 0.6) is 0 Å². The number of carbonyl (C=O) groups excluding carboxylic acids is 2. The van der Waals surface area contributed by atoms with E-state index in [1.54, 1.807) is 14.2 Å². The maximum Gasteiger partial charge on any atom is 0.404 e. The zero-order valence-electron chi connectivity index (χ0n) is 33.6. The van der Waals surface area contributed by atoms with Crippen LogP contribution in [0.4, 0.5) is 4.79 Å². The minimum atomic E-state index is -1.44. The number of allylic oxidation sites excluding steroid dienone is 3. The molecule has 0 aliphatic carbocycles. The molecule has 0 aromatic heterocycles. The highest BCUT2D eigenvalue weighted by molar-refractivity contribution is 5.65. The number of aldehydes is 1. The Hall–Kier alpha value is -2.08. The van der Waals surface area contributed by atoms with Gasteiger partial charge in [-0.15, -0.1) is 0 Å². The second kappa shape index (κ2) is 27.5. The number of primary amides is 1. The summed E-state index contributed by atoms with van der Waals surface area (Å²) in [5, 5.41) is 31.6. The predicted molar refractivity (Wildman–Crippen MR) is 205 cm³/mol. The number of carbonyl (C=O) groups is 2. The standard InChI is InChI=1S/C34H59NO9.C7H16/c1-9-13-27(41-7)25(5)31-32(44-31)29(38)22(2)15-12-16-24(4)30(42-8)23(3)14-10-11-17-28(43-33(35)39)34(6,40)20-18-26(37)19-21-36;1-3-5-7-6-4-2/h10-12,15-16,21-23,25-32,37-38,40H,9,13-14,17-20H2,1-8H3,(H2,35,39);3-7H2,1-2H3/b11-10+,15-12+,24-16+;. The minimum Gasteiger partial charge on any atom is -0.443 e. The molecule has 11 unspecified atom stereocenters. The van der Waals surface area contributed by atoms with E-state index in [0.29, 0.717) is 12.7 Å². The monoisotopic (exact) mass is 726 g/mol. The lowest BCUT2D eigenvalue weighted by Crippen LogP contribution is -2.43. The molecule has 10 heteroatoms. The van der Waals surface area contributed by atoms with Crippen molar-refractivity contribution < 1.29 is 43.9 Å². The van der Waals surface area contributed by atoms with E-state index >= 15 is 0 Å². The molecule has 1 aliphatic rings. The molecule has 1 heterocycles. The van der Waals surface area contributed by atoms with E-state index in [1.165, 1.54) is 39.0 Å². The van der Waals surface area contributed by atoms with Gasteiger partial charge in [0.1, 0.15) is 18.5 Å². The third kappa shape index (κ3) is 20.1. The molecule has 1 amide bonds. The normalized spacial score (nSPS) is 22.2. The van der Waals surface area contributed by atoms with Crippen molar-refractivity contribution in [2.75, 3.05) is 14.2 Å². The first kappa shape index (κ1) is 48.9. The first-order valence-corrected chi connectivity index (χ1v) is 19.3. The van der Waals surface area contributed by atoms with Crippen LogP contribution in [0.15, 0.2) is 36.0 Å². The summed E-state index contributed by atoms with van der Waals surface area (Å²) < 4.78 is 22.5. The summed E-state index contributed by atoms with van der Waals surface area (Å²) >= 11 is 0. The Morgan fingerprint density at radius 2 is 1.55 bits per heavy atom.